The molecule has 5 nitrogen and oxygen atoms in total. The predicted molar refractivity (Wildman–Crippen MR) is 132 cm³/mol. The first kappa shape index (κ1) is 21.6. The topological polar surface area (TPSA) is 54.0 Å². The molecule has 4 aromatic carbocycles. The summed E-state index contributed by atoms with van der Waals surface area (Å²) in [7, 11) is 3.21. The minimum atomic E-state index is -0.981. The van der Waals surface area contributed by atoms with Gasteiger partial charge < -0.3 is 18.9 Å². The molecule has 1 unspecified atom stereocenters. The maximum absolute atomic E-state index is 12.0. The van der Waals surface area contributed by atoms with Gasteiger partial charge in [0.2, 0.25) is 0 Å². The third-order valence-corrected chi connectivity index (χ3v) is 6.02. The van der Waals surface area contributed by atoms with Gasteiger partial charge in [-0.15, -0.1) is 0 Å². The Kier molecular flexibility index (Phi) is 5.46. The largest absolute Gasteiger partial charge is 0.493 e. The zero-order chi connectivity index (χ0) is 23.7. The number of ether oxygens (including phenoxy) is 4. The Morgan fingerprint density at radius 1 is 0.794 bits per heavy atom. The number of benzene rings is 4. The molecule has 0 spiro atoms. The number of carbonyl (C=O) groups excluding carboxylic acids is 1. The molecule has 170 valence electrons. The van der Waals surface area contributed by atoms with Crippen molar-refractivity contribution in [2.45, 2.75) is 12.5 Å². The van der Waals surface area contributed by atoms with E-state index >= 15 is 0 Å². The predicted octanol–water partition coefficient (Wildman–Crippen LogP) is 6.13. The van der Waals surface area contributed by atoms with Crippen LogP contribution in [-0.2, 0) is 10.4 Å². The van der Waals surface area contributed by atoms with Crippen LogP contribution in [0.15, 0.2) is 84.9 Å². The minimum Gasteiger partial charge on any atom is -0.493 e. The van der Waals surface area contributed by atoms with Gasteiger partial charge >= 0.3 is 5.97 Å². The van der Waals surface area contributed by atoms with Gasteiger partial charge in [0, 0.05) is 23.6 Å². The minimum absolute atomic E-state index is 0.381. The van der Waals surface area contributed by atoms with E-state index in [9.17, 15) is 4.79 Å². The third-order valence-electron chi connectivity index (χ3n) is 6.02. The molecule has 0 aromatic heterocycles. The van der Waals surface area contributed by atoms with Crippen LogP contribution in [0.4, 0.5) is 0 Å². The quantitative estimate of drug-likeness (QED) is 0.269. The molecule has 0 aliphatic carbocycles. The standard InChI is InChI=1S/C29H24O5/c1-19(30)33-27-17-20-9-7-8-12-23(20)24-15-16-29(34-28(24)27,21-10-5-4-6-11-21)22-13-14-25(31-2)26(18-22)32-3/h4-18H,1-3H3. The molecule has 0 fully saturated rings. The van der Waals surface area contributed by atoms with Crippen molar-refractivity contribution in [3.63, 3.8) is 0 Å². The van der Waals surface area contributed by atoms with Gasteiger partial charge in [-0.25, -0.2) is 0 Å². The van der Waals surface area contributed by atoms with E-state index in [0.29, 0.717) is 23.0 Å². The molecule has 0 saturated heterocycles. The van der Waals surface area contributed by atoms with Crippen LogP contribution in [0.25, 0.3) is 16.8 Å². The summed E-state index contributed by atoms with van der Waals surface area (Å²) in [6.07, 6.45) is 4.08. The maximum atomic E-state index is 12.0. The fourth-order valence-corrected chi connectivity index (χ4v) is 4.46. The van der Waals surface area contributed by atoms with E-state index in [-0.39, 0.29) is 0 Å². The van der Waals surface area contributed by atoms with Gasteiger partial charge in [0.25, 0.3) is 0 Å². The van der Waals surface area contributed by atoms with Crippen LogP contribution < -0.4 is 18.9 Å². The van der Waals surface area contributed by atoms with Gasteiger partial charge in [0.05, 0.1) is 14.2 Å². The fraction of sp³-hybridized carbons (Fsp3) is 0.138. The third kappa shape index (κ3) is 3.55. The van der Waals surface area contributed by atoms with Crippen LogP contribution in [-0.4, -0.2) is 20.2 Å². The number of hydrogen-bond donors (Lipinski definition) is 0. The Bertz CT molecular complexity index is 1410. The molecule has 1 atom stereocenters. The number of esters is 1. The van der Waals surface area contributed by atoms with Crippen LogP contribution in [0.2, 0.25) is 0 Å². The van der Waals surface area contributed by atoms with Gasteiger partial charge in [-0.3, -0.25) is 4.79 Å². The van der Waals surface area contributed by atoms with E-state index < -0.39 is 11.6 Å². The summed E-state index contributed by atoms with van der Waals surface area (Å²) < 4.78 is 23.5. The summed E-state index contributed by atoms with van der Waals surface area (Å²) in [6.45, 7) is 1.39. The first-order valence-corrected chi connectivity index (χ1v) is 11.0. The van der Waals surface area contributed by atoms with Crippen LogP contribution >= 0.6 is 0 Å². The lowest BCUT2D eigenvalue weighted by Gasteiger charge is -2.37. The molecule has 5 rings (SSSR count). The molecule has 34 heavy (non-hydrogen) atoms. The van der Waals surface area contributed by atoms with E-state index in [1.54, 1.807) is 14.2 Å². The molecule has 0 radical (unpaired) electrons. The molecule has 0 bridgehead atoms. The summed E-state index contributed by atoms with van der Waals surface area (Å²) in [6, 6.07) is 25.5. The second-order valence-corrected chi connectivity index (χ2v) is 8.04. The molecular formula is C29H24O5. The van der Waals surface area contributed by atoms with E-state index in [4.69, 9.17) is 18.9 Å². The second kappa shape index (κ2) is 8.60. The lowest BCUT2D eigenvalue weighted by atomic mass is 9.83. The molecule has 0 saturated carbocycles. The highest BCUT2D eigenvalue weighted by atomic mass is 16.6. The van der Waals surface area contributed by atoms with E-state index in [1.807, 2.05) is 91.0 Å². The molecule has 1 heterocycles. The number of hydrogen-bond acceptors (Lipinski definition) is 5. The summed E-state index contributed by atoms with van der Waals surface area (Å²) in [5, 5.41) is 1.97. The average molecular weight is 453 g/mol. The van der Waals surface area contributed by atoms with E-state index in [2.05, 4.69) is 0 Å². The molecule has 1 aliphatic rings. The van der Waals surface area contributed by atoms with Crippen LogP contribution in [0.5, 0.6) is 23.0 Å². The van der Waals surface area contributed by atoms with E-state index in [0.717, 1.165) is 27.5 Å². The smallest absolute Gasteiger partial charge is 0.308 e. The maximum Gasteiger partial charge on any atom is 0.308 e. The number of rotatable bonds is 5. The molecule has 1 aliphatic heterocycles. The first-order valence-electron chi connectivity index (χ1n) is 11.0. The highest BCUT2D eigenvalue weighted by molar-refractivity contribution is 5.96. The van der Waals surface area contributed by atoms with Crippen molar-refractivity contribution in [2.75, 3.05) is 14.2 Å². The van der Waals surface area contributed by atoms with E-state index in [1.165, 1.54) is 6.92 Å². The number of methoxy groups -OCH3 is 2. The summed E-state index contributed by atoms with van der Waals surface area (Å²) in [5.41, 5.74) is 1.65. The van der Waals surface area contributed by atoms with Crippen molar-refractivity contribution < 1.29 is 23.7 Å². The van der Waals surface area contributed by atoms with Crippen LogP contribution in [0, 0.1) is 0 Å². The Morgan fingerprint density at radius 2 is 1.53 bits per heavy atom. The van der Waals surface area contributed by atoms with Crippen molar-refractivity contribution in [2.24, 2.45) is 0 Å². The normalized spacial score (nSPS) is 16.4. The Hall–Kier alpha value is -4.25. The number of fused-ring (bicyclic) bond motifs is 3. The fourth-order valence-electron chi connectivity index (χ4n) is 4.46. The van der Waals surface area contributed by atoms with Gasteiger partial charge in [0.1, 0.15) is 0 Å². The monoisotopic (exact) mass is 452 g/mol. The van der Waals surface area contributed by atoms with Gasteiger partial charge in [-0.05, 0) is 41.1 Å². The SMILES string of the molecule is COc1ccc(C2(c3ccccc3)C=Cc3c(c(OC(C)=O)cc4ccccc34)O2)cc1OC. The number of carbonyl (C=O) groups is 1. The zero-order valence-corrected chi connectivity index (χ0v) is 19.2. The van der Waals surface area contributed by atoms with Gasteiger partial charge in [-0.1, -0.05) is 60.7 Å². The average Bonchev–Trinajstić information content (AvgIpc) is 2.88. The molecule has 4 aromatic rings. The second-order valence-electron chi connectivity index (χ2n) is 8.04. The lowest BCUT2D eigenvalue weighted by Crippen LogP contribution is -2.34. The van der Waals surface area contributed by atoms with Crippen molar-refractivity contribution in [1.29, 1.82) is 0 Å². The lowest BCUT2D eigenvalue weighted by molar-refractivity contribution is -0.132. The van der Waals surface area contributed by atoms with Crippen molar-refractivity contribution >= 4 is 22.8 Å². The highest BCUT2D eigenvalue weighted by Crippen LogP contribution is 2.49. The van der Waals surface area contributed by atoms with Gasteiger partial charge in [0.15, 0.2) is 28.6 Å². The zero-order valence-electron chi connectivity index (χ0n) is 19.2. The summed E-state index contributed by atoms with van der Waals surface area (Å²) >= 11 is 0. The Morgan fingerprint density at radius 3 is 2.26 bits per heavy atom. The molecule has 5 heteroatoms. The molecule has 0 N–H and O–H groups in total. The summed E-state index contributed by atoms with van der Waals surface area (Å²) in [4.78, 5) is 12.0. The van der Waals surface area contributed by atoms with Crippen molar-refractivity contribution in [3.05, 3.63) is 102 Å². The van der Waals surface area contributed by atoms with Gasteiger partial charge in [-0.2, -0.15) is 0 Å². The van der Waals surface area contributed by atoms with Crippen molar-refractivity contribution in [3.8, 4) is 23.0 Å². The first-order chi connectivity index (χ1) is 16.6. The Labute approximate surface area is 198 Å². The van der Waals surface area contributed by atoms with Crippen LogP contribution in [0.3, 0.4) is 0 Å². The summed E-state index contributed by atoms with van der Waals surface area (Å²) in [5.74, 6) is 1.70. The van der Waals surface area contributed by atoms with Crippen LogP contribution in [0.1, 0.15) is 23.6 Å². The molecular weight excluding hydrogens is 428 g/mol. The molecule has 0 amide bonds. The highest BCUT2D eigenvalue weighted by Gasteiger charge is 2.39. The Balaban J connectivity index is 1.78. The van der Waals surface area contributed by atoms with Crippen molar-refractivity contribution in [1.82, 2.24) is 0 Å².